The van der Waals surface area contributed by atoms with Gasteiger partial charge in [0.25, 0.3) is 0 Å². The Labute approximate surface area is 171 Å². The smallest absolute Gasteiger partial charge is 0.125 e. The third-order valence-corrected chi connectivity index (χ3v) is 6.64. The molecule has 0 radical (unpaired) electrons. The largest absolute Gasteiger partial charge is 0.493 e. The molecule has 0 saturated carbocycles. The van der Waals surface area contributed by atoms with Crippen LogP contribution in [0.2, 0.25) is 0 Å². The van der Waals surface area contributed by atoms with Crippen LogP contribution in [0.5, 0.6) is 5.75 Å². The molecule has 6 heteroatoms. The third-order valence-electron chi connectivity index (χ3n) is 5.23. The molecule has 1 N–H and O–H groups in total. The molecule has 1 aromatic heterocycles. The second-order valence-electron chi connectivity index (χ2n) is 8.16. The zero-order chi connectivity index (χ0) is 20.1. The van der Waals surface area contributed by atoms with E-state index in [1.807, 2.05) is 6.92 Å². The minimum absolute atomic E-state index is 0.265. The van der Waals surface area contributed by atoms with Gasteiger partial charge >= 0.3 is 0 Å². The van der Waals surface area contributed by atoms with Crippen LogP contribution in [0.4, 0.5) is 4.39 Å². The van der Waals surface area contributed by atoms with Crippen molar-refractivity contribution in [3.05, 3.63) is 45.7 Å². The lowest BCUT2D eigenvalue weighted by Crippen LogP contribution is -2.31. The SMILES string of the molecule is Cc1nc([C@]2(O)CCCN(CC(C)C)CC2)sc1CCOc1ccc(F)cc1. The number of aliphatic hydroxyl groups is 1. The van der Waals surface area contributed by atoms with Crippen molar-refractivity contribution in [3.63, 3.8) is 0 Å². The first-order valence-corrected chi connectivity index (χ1v) is 11.0. The maximum atomic E-state index is 13.0. The van der Waals surface area contributed by atoms with E-state index in [9.17, 15) is 9.50 Å². The van der Waals surface area contributed by atoms with Crippen molar-refractivity contribution in [2.24, 2.45) is 5.92 Å². The molecule has 2 heterocycles. The molecule has 1 fully saturated rings. The second-order valence-corrected chi connectivity index (χ2v) is 9.24. The fourth-order valence-corrected chi connectivity index (χ4v) is 4.93. The molecule has 1 atom stereocenters. The highest BCUT2D eigenvalue weighted by atomic mass is 32.1. The second kappa shape index (κ2) is 9.33. The molecule has 2 aromatic rings. The number of likely N-dealkylation sites (tertiary alicyclic amines) is 1. The first-order valence-electron chi connectivity index (χ1n) is 10.2. The van der Waals surface area contributed by atoms with Gasteiger partial charge in [-0.15, -0.1) is 11.3 Å². The van der Waals surface area contributed by atoms with Gasteiger partial charge < -0.3 is 14.7 Å². The molecule has 28 heavy (non-hydrogen) atoms. The van der Waals surface area contributed by atoms with Gasteiger partial charge in [-0.3, -0.25) is 0 Å². The van der Waals surface area contributed by atoms with Crippen LogP contribution in [0.25, 0.3) is 0 Å². The summed E-state index contributed by atoms with van der Waals surface area (Å²) < 4.78 is 18.7. The Hall–Kier alpha value is -1.50. The topological polar surface area (TPSA) is 45.6 Å². The molecule has 1 aromatic carbocycles. The van der Waals surface area contributed by atoms with E-state index in [4.69, 9.17) is 9.72 Å². The molecule has 0 unspecified atom stereocenters. The van der Waals surface area contributed by atoms with Crippen molar-refractivity contribution in [3.8, 4) is 5.75 Å². The van der Waals surface area contributed by atoms with Gasteiger partial charge in [-0.1, -0.05) is 13.8 Å². The Kier molecular flexibility index (Phi) is 7.07. The van der Waals surface area contributed by atoms with Crippen LogP contribution in [-0.4, -0.2) is 41.2 Å². The summed E-state index contributed by atoms with van der Waals surface area (Å²) in [7, 11) is 0. The average molecular weight is 407 g/mol. The number of aryl methyl sites for hydroxylation is 1. The van der Waals surface area contributed by atoms with Crippen molar-refractivity contribution >= 4 is 11.3 Å². The number of ether oxygens (including phenoxy) is 1. The molecule has 0 aliphatic carbocycles. The summed E-state index contributed by atoms with van der Waals surface area (Å²) in [6, 6.07) is 6.07. The van der Waals surface area contributed by atoms with Gasteiger partial charge in [-0.05, 0) is 62.9 Å². The number of rotatable bonds is 7. The average Bonchev–Trinajstić information content (AvgIpc) is 2.92. The Morgan fingerprint density at radius 3 is 2.71 bits per heavy atom. The molecule has 0 bridgehead atoms. The molecule has 1 saturated heterocycles. The number of aromatic nitrogens is 1. The molecule has 1 aliphatic heterocycles. The molecular formula is C22H31FN2O2S. The van der Waals surface area contributed by atoms with Crippen LogP contribution in [-0.2, 0) is 12.0 Å². The molecule has 0 amide bonds. The molecule has 4 nitrogen and oxygen atoms in total. The van der Waals surface area contributed by atoms with Crippen molar-refractivity contribution in [2.75, 3.05) is 26.2 Å². The summed E-state index contributed by atoms with van der Waals surface area (Å²) >= 11 is 1.61. The van der Waals surface area contributed by atoms with Crippen LogP contribution >= 0.6 is 11.3 Å². The maximum absolute atomic E-state index is 13.0. The van der Waals surface area contributed by atoms with Crippen LogP contribution in [0, 0.1) is 18.7 Å². The van der Waals surface area contributed by atoms with Gasteiger partial charge in [0, 0.05) is 24.4 Å². The van der Waals surface area contributed by atoms with Gasteiger partial charge in [-0.2, -0.15) is 0 Å². The van der Waals surface area contributed by atoms with Gasteiger partial charge in [0.15, 0.2) is 0 Å². The van der Waals surface area contributed by atoms with E-state index in [-0.39, 0.29) is 5.82 Å². The summed E-state index contributed by atoms with van der Waals surface area (Å²) in [6.07, 6.45) is 3.22. The third kappa shape index (κ3) is 5.52. The number of hydrogen-bond donors (Lipinski definition) is 1. The Balaban J connectivity index is 1.60. The van der Waals surface area contributed by atoms with Crippen molar-refractivity contribution < 1.29 is 14.2 Å². The van der Waals surface area contributed by atoms with Gasteiger partial charge in [0.1, 0.15) is 22.2 Å². The van der Waals surface area contributed by atoms with Gasteiger partial charge in [0.05, 0.1) is 12.3 Å². The molecule has 154 valence electrons. The predicted octanol–water partition coefficient (Wildman–Crippen LogP) is 4.54. The van der Waals surface area contributed by atoms with Crippen LogP contribution in [0.3, 0.4) is 0 Å². The van der Waals surface area contributed by atoms with Crippen LogP contribution < -0.4 is 4.74 Å². The number of thiazole rings is 1. The van der Waals surface area contributed by atoms with Crippen LogP contribution in [0.15, 0.2) is 24.3 Å². The zero-order valence-corrected chi connectivity index (χ0v) is 17.9. The predicted molar refractivity (Wildman–Crippen MR) is 111 cm³/mol. The van der Waals surface area contributed by atoms with Gasteiger partial charge in [0.2, 0.25) is 0 Å². The molecule has 0 spiro atoms. The highest BCUT2D eigenvalue weighted by Crippen LogP contribution is 2.36. The monoisotopic (exact) mass is 406 g/mol. The zero-order valence-electron chi connectivity index (χ0n) is 17.1. The number of nitrogens with zero attached hydrogens (tertiary/aromatic N) is 2. The number of halogens is 1. The lowest BCUT2D eigenvalue weighted by molar-refractivity contribution is 0.0206. The molecule has 3 rings (SSSR count). The van der Waals surface area contributed by atoms with E-state index in [1.165, 1.54) is 12.1 Å². The molecular weight excluding hydrogens is 375 g/mol. The fraction of sp³-hybridized carbons (Fsp3) is 0.591. The Morgan fingerprint density at radius 2 is 2.00 bits per heavy atom. The lowest BCUT2D eigenvalue weighted by Gasteiger charge is -2.25. The van der Waals surface area contributed by atoms with E-state index in [0.717, 1.165) is 60.9 Å². The summed E-state index contributed by atoms with van der Waals surface area (Å²) in [5.74, 6) is 1.04. The number of hydrogen-bond acceptors (Lipinski definition) is 5. The van der Waals surface area contributed by atoms with E-state index >= 15 is 0 Å². The van der Waals surface area contributed by atoms with E-state index in [0.29, 0.717) is 18.3 Å². The summed E-state index contributed by atoms with van der Waals surface area (Å²) in [6.45, 7) is 10.0. The quantitative estimate of drug-likeness (QED) is 0.733. The van der Waals surface area contributed by atoms with Crippen molar-refractivity contribution in [2.45, 2.75) is 52.1 Å². The first-order chi connectivity index (χ1) is 13.4. The Bertz CT molecular complexity index is 762. The Morgan fingerprint density at radius 1 is 1.25 bits per heavy atom. The summed E-state index contributed by atoms with van der Waals surface area (Å²) in [5, 5.41) is 12.1. The minimum Gasteiger partial charge on any atom is -0.493 e. The lowest BCUT2D eigenvalue weighted by atomic mass is 9.96. The maximum Gasteiger partial charge on any atom is 0.125 e. The van der Waals surface area contributed by atoms with Gasteiger partial charge in [-0.25, -0.2) is 9.37 Å². The summed E-state index contributed by atoms with van der Waals surface area (Å²) in [5.41, 5.74) is 0.149. The highest BCUT2D eigenvalue weighted by Gasteiger charge is 2.35. The summed E-state index contributed by atoms with van der Waals surface area (Å²) in [4.78, 5) is 8.32. The van der Waals surface area contributed by atoms with E-state index in [1.54, 1.807) is 23.5 Å². The van der Waals surface area contributed by atoms with Crippen molar-refractivity contribution in [1.29, 1.82) is 0 Å². The standard InChI is InChI=1S/C22H31FN2O2S/c1-16(2)15-25-12-4-10-22(26,11-13-25)21-24-17(3)20(28-21)9-14-27-19-7-5-18(23)6-8-19/h5-8,16,26H,4,9-15H2,1-3H3/t22-/m0/s1. The fourth-order valence-electron chi connectivity index (χ4n) is 3.74. The minimum atomic E-state index is -0.822. The van der Waals surface area contributed by atoms with Crippen LogP contribution in [0.1, 0.15) is 48.7 Å². The molecule has 1 aliphatic rings. The normalized spacial score (nSPS) is 21.1. The highest BCUT2D eigenvalue weighted by molar-refractivity contribution is 7.11. The first kappa shape index (κ1) is 21.2. The van der Waals surface area contributed by atoms with Crippen molar-refractivity contribution in [1.82, 2.24) is 9.88 Å². The number of benzene rings is 1. The van der Waals surface area contributed by atoms with E-state index < -0.39 is 5.60 Å². The van der Waals surface area contributed by atoms with E-state index in [2.05, 4.69) is 18.7 Å².